The van der Waals surface area contributed by atoms with Crippen LogP contribution in [0.3, 0.4) is 0 Å². The average Bonchev–Trinajstić information content (AvgIpc) is 2.53. The van der Waals surface area contributed by atoms with Gasteiger partial charge >= 0.3 is 5.97 Å². The minimum Gasteiger partial charge on any atom is -0.493 e. The topological polar surface area (TPSA) is 55.8 Å². The summed E-state index contributed by atoms with van der Waals surface area (Å²) in [6, 6.07) is 9.47. The number of carboxylic acids is 1. The number of rotatable bonds is 6. The third-order valence-electron chi connectivity index (χ3n) is 4.36. The van der Waals surface area contributed by atoms with E-state index >= 15 is 0 Å². The van der Waals surface area contributed by atoms with E-state index in [-0.39, 0.29) is 0 Å². The number of carboxylic acid groups (broad SMARTS) is 1. The van der Waals surface area contributed by atoms with Crippen molar-refractivity contribution in [3.05, 3.63) is 58.1 Å². The fraction of sp³-hybridized carbons (Fsp3) is 0.350. The highest BCUT2D eigenvalue weighted by Gasteiger charge is 2.23. The molecule has 1 unspecified atom stereocenters. The van der Waals surface area contributed by atoms with Crippen LogP contribution in [0.2, 0.25) is 0 Å². The number of methoxy groups -OCH3 is 2. The lowest BCUT2D eigenvalue weighted by atomic mass is 9.87. The Morgan fingerprint density at radius 1 is 1.00 bits per heavy atom. The molecule has 0 spiro atoms. The van der Waals surface area contributed by atoms with Crippen LogP contribution < -0.4 is 9.47 Å². The van der Waals surface area contributed by atoms with E-state index in [2.05, 4.69) is 12.1 Å². The Hall–Kier alpha value is -2.49. The van der Waals surface area contributed by atoms with Crippen molar-refractivity contribution in [2.24, 2.45) is 0 Å². The second-order valence-electron chi connectivity index (χ2n) is 6.09. The Labute approximate surface area is 143 Å². The Morgan fingerprint density at radius 2 is 1.58 bits per heavy atom. The minimum absolute atomic E-state index is 0.447. The third-order valence-corrected chi connectivity index (χ3v) is 4.36. The summed E-state index contributed by atoms with van der Waals surface area (Å²) >= 11 is 0. The molecule has 1 atom stereocenters. The average molecular weight is 328 g/mol. The van der Waals surface area contributed by atoms with E-state index in [0.29, 0.717) is 23.5 Å². The number of hydrogen-bond donors (Lipinski definition) is 1. The SMILES string of the molecule is COc1ccc(C(Cc2c(C)cc(C)cc2C)C(=O)O)cc1OC. The molecule has 0 aromatic heterocycles. The van der Waals surface area contributed by atoms with Gasteiger partial charge in [0.15, 0.2) is 11.5 Å². The van der Waals surface area contributed by atoms with Crippen LogP contribution in [-0.2, 0) is 11.2 Å². The second-order valence-corrected chi connectivity index (χ2v) is 6.09. The summed E-state index contributed by atoms with van der Waals surface area (Å²) < 4.78 is 10.5. The fourth-order valence-corrected chi connectivity index (χ4v) is 3.15. The molecule has 4 nitrogen and oxygen atoms in total. The van der Waals surface area contributed by atoms with Crippen LogP contribution in [0, 0.1) is 20.8 Å². The van der Waals surface area contributed by atoms with Gasteiger partial charge in [0.25, 0.3) is 0 Å². The van der Waals surface area contributed by atoms with Gasteiger partial charge in [0, 0.05) is 0 Å². The third kappa shape index (κ3) is 3.70. The highest BCUT2D eigenvalue weighted by Crippen LogP contribution is 2.33. The van der Waals surface area contributed by atoms with Crippen molar-refractivity contribution in [1.82, 2.24) is 0 Å². The van der Waals surface area contributed by atoms with Gasteiger partial charge in [0.2, 0.25) is 0 Å². The van der Waals surface area contributed by atoms with Crippen LogP contribution in [0.5, 0.6) is 11.5 Å². The van der Waals surface area contributed by atoms with E-state index in [4.69, 9.17) is 9.47 Å². The number of aryl methyl sites for hydroxylation is 3. The van der Waals surface area contributed by atoms with Crippen molar-refractivity contribution in [3.8, 4) is 11.5 Å². The molecule has 2 rings (SSSR count). The Kier molecular flexibility index (Phi) is 5.50. The van der Waals surface area contributed by atoms with E-state index in [1.165, 1.54) is 5.56 Å². The van der Waals surface area contributed by atoms with Crippen LogP contribution in [-0.4, -0.2) is 25.3 Å². The van der Waals surface area contributed by atoms with E-state index in [1.807, 2.05) is 20.8 Å². The van der Waals surface area contributed by atoms with Crippen LogP contribution in [0.25, 0.3) is 0 Å². The first-order chi connectivity index (χ1) is 11.4. The molecule has 0 heterocycles. The van der Waals surface area contributed by atoms with E-state index in [0.717, 1.165) is 16.7 Å². The molecule has 0 saturated heterocycles. The van der Waals surface area contributed by atoms with E-state index < -0.39 is 11.9 Å². The first-order valence-corrected chi connectivity index (χ1v) is 7.88. The van der Waals surface area contributed by atoms with Crippen LogP contribution in [0.4, 0.5) is 0 Å². The molecule has 0 aliphatic rings. The largest absolute Gasteiger partial charge is 0.493 e. The highest BCUT2D eigenvalue weighted by atomic mass is 16.5. The number of aliphatic carboxylic acids is 1. The lowest BCUT2D eigenvalue weighted by Crippen LogP contribution is -2.16. The molecule has 128 valence electrons. The first-order valence-electron chi connectivity index (χ1n) is 7.88. The first kappa shape index (κ1) is 17.9. The summed E-state index contributed by atoms with van der Waals surface area (Å²) in [4.78, 5) is 11.9. The zero-order chi connectivity index (χ0) is 17.9. The van der Waals surface area contributed by atoms with Crippen molar-refractivity contribution in [1.29, 1.82) is 0 Å². The summed E-state index contributed by atoms with van der Waals surface area (Å²) in [7, 11) is 3.11. The number of hydrogen-bond acceptors (Lipinski definition) is 3. The predicted octanol–water partition coefficient (Wildman–Crippen LogP) is 4.04. The summed E-state index contributed by atoms with van der Waals surface area (Å²) in [5.74, 6) is -0.349. The molecule has 0 amide bonds. The predicted molar refractivity (Wildman–Crippen MR) is 94.3 cm³/mol. The molecule has 0 radical (unpaired) electrons. The van der Waals surface area contributed by atoms with Gasteiger partial charge in [-0.25, -0.2) is 0 Å². The molecule has 2 aromatic rings. The molecule has 1 N–H and O–H groups in total. The molecular formula is C20H24O4. The van der Waals surface area contributed by atoms with E-state index in [9.17, 15) is 9.90 Å². The molecule has 0 aliphatic carbocycles. The van der Waals surface area contributed by atoms with Gasteiger partial charge in [-0.3, -0.25) is 4.79 Å². The number of carbonyl (C=O) groups is 1. The molecular weight excluding hydrogens is 304 g/mol. The minimum atomic E-state index is -0.846. The summed E-state index contributed by atoms with van der Waals surface area (Å²) in [5, 5.41) is 9.74. The number of benzene rings is 2. The Balaban J connectivity index is 2.43. The van der Waals surface area contributed by atoms with Crippen LogP contribution in [0.15, 0.2) is 30.3 Å². The molecule has 0 bridgehead atoms. The smallest absolute Gasteiger partial charge is 0.311 e. The van der Waals surface area contributed by atoms with E-state index in [1.54, 1.807) is 32.4 Å². The van der Waals surface area contributed by atoms with Crippen molar-refractivity contribution in [2.75, 3.05) is 14.2 Å². The van der Waals surface area contributed by atoms with Gasteiger partial charge in [0.1, 0.15) is 0 Å². The van der Waals surface area contributed by atoms with Gasteiger partial charge in [-0.05, 0) is 61.6 Å². The summed E-state index contributed by atoms with van der Waals surface area (Å²) in [6.45, 7) is 6.11. The van der Waals surface area contributed by atoms with Gasteiger partial charge in [-0.1, -0.05) is 23.8 Å². The lowest BCUT2D eigenvalue weighted by Gasteiger charge is -2.18. The summed E-state index contributed by atoms with van der Waals surface area (Å²) in [6.07, 6.45) is 0.447. The van der Waals surface area contributed by atoms with Crippen molar-refractivity contribution in [3.63, 3.8) is 0 Å². The maximum Gasteiger partial charge on any atom is 0.311 e. The Bertz CT molecular complexity index is 726. The molecule has 2 aromatic carbocycles. The van der Waals surface area contributed by atoms with Crippen molar-refractivity contribution < 1.29 is 19.4 Å². The van der Waals surface area contributed by atoms with Crippen molar-refractivity contribution >= 4 is 5.97 Å². The number of ether oxygens (including phenoxy) is 2. The summed E-state index contributed by atoms with van der Waals surface area (Å²) in [5.41, 5.74) is 5.23. The van der Waals surface area contributed by atoms with Crippen LogP contribution in [0.1, 0.15) is 33.7 Å². The zero-order valence-electron chi connectivity index (χ0n) is 14.8. The van der Waals surface area contributed by atoms with Gasteiger partial charge in [-0.2, -0.15) is 0 Å². The Morgan fingerprint density at radius 3 is 2.08 bits per heavy atom. The normalized spacial score (nSPS) is 11.9. The maximum absolute atomic E-state index is 11.9. The monoisotopic (exact) mass is 328 g/mol. The quantitative estimate of drug-likeness (QED) is 0.869. The fourth-order valence-electron chi connectivity index (χ4n) is 3.15. The van der Waals surface area contributed by atoms with Gasteiger partial charge < -0.3 is 14.6 Å². The molecule has 0 aliphatic heterocycles. The molecule has 24 heavy (non-hydrogen) atoms. The van der Waals surface area contributed by atoms with Crippen molar-refractivity contribution in [2.45, 2.75) is 33.1 Å². The molecule has 0 saturated carbocycles. The molecule has 4 heteroatoms. The molecule has 0 fully saturated rings. The highest BCUT2D eigenvalue weighted by molar-refractivity contribution is 5.77. The van der Waals surface area contributed by atoms with Gasteiger partial charge in [-0.15, -0.1) is 0 Å². The second kappa shape index (κ2) is 7.39. The maximum atomic E-state index is 11.9. The van der Waals surface area contributed by atoms with Crippen LogP contribution >= 0.6 is 0 Å². The van der Waals surface area contributed by atoms with Gasteiger partial charge in [0.05, 0.1) is 20.1 Å². The zero-order valence-corrected chi connectivity index (χ0v) is 14.8. The standard InChI is InChI=1S/C20H24O4/c1-12-8-13(2)16(14(3)9-12)11-17(20(21)22)15-6-7-18(23-4)19(10-15)24-5/h6-10,17H,11H2,1-5H3,(H,21,22). The lowest BCUT2D eigenvalue weighted by molar-refractivity contribution is -0.138.